The van der Waals surface area contributed by atoms with Gasteiger partial charge in [-0.3, -0.25) is 0 Å². The second-order valence-corrected chi connectivity index (χ2v) is 8.11. The largest absolute Gasteiger partial charge is 0.467 e. The van der Waals surface area contributed by atoms with E-state index < -0.39 is 6.17 Å². The van der Waals surface area contributed by atoms with Crippen molar-refractivity contribution in [1.82, 2.24) is 25.1 Å². The molecule has 2 saturated heterocycles. The SMILES string of the molecule is COc1nc(N2CCOCC2)cc(-n2ncc3cc(C)c(C4CCNCC4F)cc32)n1. The number of aryl methyl sites for hydroxylation is 1. The van der Waals surface area contributed by atoms with Gasteiger partial charge in [-0.05, 0) is 43.1 Å². The molecule has 8 nitrogen and oxygen atoms in total. The second kappa shape index (κ2) is 8.39. The van der Waals surface area contributed by atoms with E-state index in [1.807, 2.05) is 19.2 Å². The molecule has 2 fully saturated rings. The number of ether oxygens (including phenoxy) is 2. The standard InChI is InChI=1S/C22H27FN6O2/c1-14-9-15-12-25-29(19(15)10-17(14)16-3-4-24-13-18(16)23)21-11-20(26-22(27-21)30-2)28-5-7-31-8-6-28/h9-12,16,18,24H,3-8,13H2,1-2H3. The highest BCUT2D eigenvalue weighted by Crippen LogP contribution is 2.33. The molecule has 3 aromatic rings. The zero-order valence-corrected chi connectivity index (χ0v) is 17.8. The highest BCUT2D eigenvalue weighted by atomic mass is 19.1. The molecule has 2 atom stereocenters. The minimum absolute atomic E-state index is 0.113. The highest BCUT2D eigenvalue weighted by molar-refractivity contribution is 5.82. The van der Waals surface area contributed by atoms with Crippen LogP contribution in [0.25, 0.3) is 16.7 Å². The number of alkyl halides is 1. The van der Waals surface area contributed by atoms with Gasteiger partial charge in [-0.15, -0.1) is 0 Å². The summed E-state index contributed by atoms with van der Waals surface area (Å²) in [5.74, 6) is 1.29. The fourth-order valence-electron chi connectivity index (χ4n) is 4.51. The molecule has 4 heterocycles. The number of anilines is 1. The Labute approximate surface area is 180 Å². The third-order valence-electron chi connectivity index (χ3n) is 6.18. The van der Waals surface area contributed by atoms with Crippen molar-refractivity contribution >= 4 is 16.7 Å². The Bertz CT molecular complexity index is 1080. The molecule has 2 aliphatic rings. The van der Waals surface area contributed by atoms with Crippen LogP contribution in [0.3, 0.4) is 0 Å². The molecule has 1 aromatic carbocycles. The number of fused-ring (bicyclic) bond motifs is 1. The first-order chi connectivity index (χ1) is 15.1. The van der Waals surface area contributed by atoms with Crippen LogP contribution in [0.15, 0.2) is 24.4 Å². The van der Waals surface area contributed by atoms with Gasteiger partial charge in [-0.1, -0.05) is 0 Å². The molecule has 31 heavy (non-hydrogen) atoms. The Hall–Kier alpha value is -2.78. The van der Waals surface area contributed by atoms with Crippen molar-refractivity contribution in [2.75, 3.05) is 51.4 Å². The predicted molar refractivity (Wildman–Crippen MR) is 116 cm³/mol. The number of benzene rings is 1. The summed E-state index contributed by atoms with van der Waals surface area (Å²) in [5.41, 5.74) is 3.04. The van der Waals surface area contributed by atoms with Crippen LogP contribution in [-0.2, 0) is 4.74 Å². The average Bonchev–Trinajstić information content (AvgIpc) is 3.22. The molecule has 0 aliphatic carbocycles. The first kappa shape index (κ1) is 20.1. The number of halogens is 1. The first-order valence-electron chi connectivity index (χ1n) is 10.7. The molecule has 2 unspecified atom stereocenters. The topological polar surface area (TPSA) is 77.3 Å². The molecule has 2 aliphatic heterocycles. The molecular formula is C22H27FN6O2. The molecule has 0 spiro atoms. The van der Waals surface area contributed by atoms with Crippen LogP contribution in [0.2, 0.25) is 0 Å². The molecular weight excluding hydrogens is 399 g/mol. The lowest BCUT2D eigenvalue weighted by molar-refractivity contribution is 0.122. The number of hydrogen-bond acceptors (Lipinski definition) is 7. The predicted octanol–water partition coefficient (Wildman–Crippen LogP) is 2.38. The van der Waals surface area contributed by atoms with Gasteiger partial charge in [-0.2, -0.15) is 15.1 Å². The Morgan fingerprint density at radius 3 is 2.74 bits per heavy atom. The molecule has 5 rings (SSSR count). The summed E-state index contributed by atoms with van der Waals surface area (Å²) < 4.78 is 27.3. The Morgan fingerprint density at radius 1 is 1.16 bits per heavy atom. The smallest absolute Gasteiger partial charge is 0.320 e. The maximum Gasteiger partial charge on any atom is 0.320 e. The molecule has 9 heteroatoms. The van der Waals surface area contributed by atoms with Crippen LogP contribution in [0.5, 0.6) is 6.01 Å². The minimum Gasteiger partial charge on any atom is -0.467 e. The summed E-state index contributed by atoms with van der Waals surface area (Å²) in [5, 5.41) is 8.73. The van der Waals surface area contributed by atoms with Crippen molar-refractivity contribution in [2.45, 2.75) is 25.4 Å². The quantitative estimate of drug-likeness (QED) is 0.686. The van der Waals surface area contributed by atoms with Crippen LogP contribution in [-0.4, -0.2) is 72.4 Å². The van der Waals surface area contributed by atoms with Crippen LogP contribution >= 0.6 is 0 Å². The van der Waals surface area contributed by atoms with Gasteiger partial charge in [0.15, 0.2) is 5.82 Å². The number of nitrogens with zero attached hydrogens (tertiary/aromatic N) is 5. The fourth-order valence-corrected chi connectivity index (χ4v) is 4.51. The van der Waals surface area contributed by atoms with E-state index >= 15 is 0 Å². The molecule has 2 aromatic heterocycles. The molecule has 0 amide bonds. The van der Waals surface area contributed by atoms with Crippen LogP contribution in [0.1, 0.15) is 23.5 Å². The van der Waals surface area contributed by atoms with Gasteiger partial charge in [0.05, 0.1) is 32.0 Å². The van der Waals surface area contributed by atoms with E-state index in [4.69, 9.17) is 9.47 Å². The summed E-state index contributed by atoms with van der Waals surface area (Å²) in [6, 6.07) is 6.37. The maximum absolute atomic E-state index is 14.7. The van der Waals surface area contributed by atoms with Crippen molar-refractivity contribution in [1.29, 1.82) is 0 Å². The van der Waals surface area contributed by atoms with E-state index in [9.17, 15) is 4.39 Å². The summed E-state index contributed by atoms with van der Waals surface area (Å²) in [6.07, 6.45) is 1.71. The number of nitrogens with one attached hydrogen (secondary N) is 1. The van der Waals surface area contributed by atoms with Gasteiger partial charge in [0.2, 0.25) is 0 Å². The van der Waals surface area contributed by atoms with Crippen LogP contribution in [0, 0.1) is 6.92 Å². The first-order valence-corrected chi connectivity index (χ1v) is 10.7. The Kier molecular flexibility index (Phi) is 5.45. The molecule has 164 valence electrons. The van der Waals surface area contributed by atoms with Crippen molar-refractivity contribution < 1.29 is 13.9 Å². The lowest BCUT2D eigenvalue weighted by atomic mass is 9.85. The number of rotatable bonds is 4. The van der Waals surface area contributed by atoms with Gasteiger partial charge in [0.1, 0.15) is 12.0 Å². The molecule has 0 radical (unpaired) electrons. The van der Waals surface area contributed by atoms with Crippen molar-refractivity contribution in [3.8, 4) is 11.8 Å². The van der Waals surface area contributed by atoms with Crippen LogP contribution in [0.4, 0.5) is 10.2 Å². The molecule has 0 saturated carbocycles. The van der Waals surface area contributed by atoms with Gasteiger partial charge in [0.25, 0.3) is 0 Å². The van der Waals surface area contributed by atoms with E-state index in [0.29, 0.717) is 25.6 Å². The van der Waals surface area contributed by atoms with Crippen molar-refractivity contribution in [2.24, 2.45) is 0 Å². The maximum atomic E-state index is 14.7. The molecule has 1 N–H and O–H groups in total. The fraction of sp³-hybridized carbons (Fsp3) is 0.500. The number of aromatic nitrogens is 4. The van der Waals surface area contributed by atoms with E-state index in [1.54, 1.807) is 11.8 Å². The molecule has 0 bridgehead atoms. The third-order valence-corrected chi connectivity index (χ3v) is 6.18. The Morgan fingerprint density at radius 2 is 1.97 bits per heavy atom. The zero-order chi connectivity index (χ0) is 21.4. The normalized spacial score (nSPS) is 22.1. The van der Waals surface area contributed by atoms with Crippen LogP contribution < -0.4 is 15.0 Å². The third kappa shape index (κ3) is 3.83. The van der Waals surface area contributed by atoms with E-state index in [0.717, 1.165) is 53.9 Å². The number of methoxy groups -OCH3 is 1. The number of piperidine rings is 1. The number of hydrogen-bond donors (Lipinski definition) is 1. The zero-order valence-electron chi connectivity index (χ0n) is 17.8. The summed E-state index contributed by atoms with van der Waals surface area (Å²) in [6.45, 7) is 6.12. The summed E-state index contributed by atoms with van der Waals surface area (Å²) >= 11 is 0. The average molecular weight is 426 g/mol. The minimum atomic E-state index is -0.895. The Balaban J connectivity index is 1.59. The monoisotopic (exact) mass is 426 g/mol. The van der Waals surface area contributed by atoms with Crippen molar-refractivity contribution in [3.63, 3.8) is 0 Å². The second-order valence-electron chi connectivity index (χ2n) is 8.11. The van der Waals surface area contributed by atoms with Gasteiger partial charge < -0.3 is 19.7 Å². The van der Waals surface area contributed by atoms with Gasteiger partial charge in [0, 0.05) is 37.0 Å². The number of morpholine rings is 1. The van der Waals surface area contributed by atoms with Crippen molar-refractivity contribution in [3.05, 3.63) is 35.5 Å². The lowest BCUT2D eigenvalue weighted by Gasteiger charge is -2.28. The lowest BCUT2D eigenvalue weighted by Crippen LogP contribution is -2.37. The van der Waals surface area contributed by atoms with E-state index in [-0.39, 0.29) is 11.9 Å². The summed E-state index contributed by atoms with van der Waals surface area (Å²) in [4.78, 5) is 11.2. The van der Waals surface area contributed by atoms with E-state index in [2.05, 4.69) is 37.4 Å². The van der Waals surface area contributed by atoms with Gasteiger partial charge >= 0.3 is 6.01 Å². The highest BCUT2D eigenvalue weighted by Gasteiger charge is 2.28. The van der Waals surface area contributed by atoms with Gasteiger partial charge in [-0.25, -0.2) is 9.07 Å². The summed E-state index contributed by atoms with van der Waals surface area (Å²) in [7, 11) is 1.56. The van der Waals surface area contributed by atoms with E-state index in [1.165, 1.54) is 0 Å².